The summed E-state index contributed by atoms with van der Waals surface area (Å²) in [5.74, 6) is 1.03. The van der Waals surface area contributed by atoms with E-state index in [4.69, 9.17) is 17.3 Å². The largest absolute Gasteiger partial charge is 0.399 e. The van der Waals surface area contributed by atoms with Crippen LogP contribution in [0.25, 0.3) is 0 Å². The number of nitrogens with two attached hydrogens (primary N) is 1. The molecule has 104 valence electrons. The molecule has 0 aliphatic carbocycles. The van der Waals surface area contributed by atoms with Crippen LogP contribution in [0.3, 0.4) is 0 Å². The van der Waals surface area contributed by atoms with Crippen LogP contribution in [0.15, 0.2) is 18.2 Å². The van der Waals surface area contributed by atoms with Crippen molar-refractivity contribution in [2.45, 2.75) is 12.2 Å². The molecule has 0 bridgehead atoms. The van der Waals surface area contributed by atoms with E-state index < -0.39 is 0 Å². The second-order valence-corrected chi connectivity index (χ2v) is 6.66. The maximum Gasteiger partial charge on any atom is 0.238 e. The molecule has 0 aromatic heterocycles. The third kappa shape index (κ3) is 4.30. The van der Waals surface area contributed by atoms with Crippen LogP contribution in [0.2, 0.25) is 5.02 Å². The van der Waals surface area contributed by atoms with Crippen molar-refractivity contribution < 1.29 is 4.79 Å². The second-order valence-electron chi connectivity index (χ2n) is 4.70. The van der Waals surface area contributed by atoms with Gasteiger partial charge in [0.15, 0.2) is 0 Å². The first-order valence-electron chi connectivity index (χ1n) is 6.23. The standard InChI is InChI=1S/C13H18ClN3OS/c1-9-7-17(4-5-19-9)8-13(18)16-12-6-10(15)2-3-11(12)14/h2-3,6,9H,4-5,7-8,15H2,1H3,(H,16,18). The molecule has 1 saturated heterocycles. The third-order valence-corrected chi connectivity index (χ3v) is 4.42. The van der Waals surface area contributed by atoms with Gasteiger partial charge in [0.05, 0.1) is 17.3 Å². The lowest BCUT2D eigenvalue weighted by Crippen LogP contribution is -2.41. The number of anilines is 2. The average molecular weight is 300 g/mol. The Morgan fingerprint density at radius 1 is 1.63 bits per heavy atom. The van der Waals surface area contributed by atoms with Crippen molar-refractivity contribution in [1.82, 2.24) is 4.90 Å². The Morgan fingerprint density at radius 2 is 2.42 bits per heavy atom. The Morgan fingerprint density at radius 3 is 3.16 bits per heavy atom. The van der Waals surface area contributed by atoms with Crippen LogP contribution in [0.5, 0.6) is 0 Å². The van der Waals surface area contributed by atoms with E-state index in [2.05, 4.69) is 17.1 Å². The van der Waals surface area contributed by atoms with Crippen LogP contribution < -0.4 is 11.1 Å². The first-order valence-corrected chi connectivity index (χ1v) is 7.66. The van der Waals surface area contributed by atoms with Gasteiger partial charge in [-0.05, 0) is 18.2 Å². The zero-order valence-electron chi connectivity index (χ0n) is 10.9. The van der Waals surface area contributed by atoms with Gasteiger partial charge in [0.2, 0.25) is 5.91 Å². The molecule has 1 atom stereocenters. The quantitative estimate of drug-likeness (QED) is 0.841. The van der Waals surface area contributed by atoms with Crippen LogP contribution in [-0.2, 0) is 4.79 Å². The smallest absolute Gasteiger partial charge is 0.238 e. The summed E-state index contributed by atoms with van der Waals surface area (Å²) in [6.45, 7) is 4.48. The highest BCUT2D eigenvalue weighted by molar-refractivity contribution is 7.99. The molecule has 1 heterocycles. The number of nitrogens with zero attached hydrogens (tertiary/aromatic N) is 1. The van der Waals surface area contributed by atoms with Crippen molar-refractivity contribution in [2.24, 2.45) is 0 Å². The number of thioether (sulfide) groups is 1. The molecule has 19 heavy (non-hydrogen) atoms. The van der Waals surface area contributed by atoms with E-state index in [1.807, 2.05) is 11.8 Å². The molecule has 1 fully saturated rings. The highest BCUT2D eigenvalue weighted by Gasteiger charge is 2.19. The summed E-state index contributed by atoms with van der Waals surface area (Å²) >= 11 is 7.97. The Hall–Kier alpha value is -0.910. The molecule has 0 radical (unpaired) electrons. The van der Waals surface area contributed by atoms with Crippen molar-refractivity contribution in [3.05, 3.63) is 23.2 Å². The minimum absolute atomic E-state index is 0.0494. The van der Waals surface area contributed by atoms with E-state index in [9.17, 15) is 4.79 Å². The Kier molecular flexibility index (Phi) is 4.96. The monoisotopic (exact) mass is 299 g/mol. The van der Waals surface area contributed by atoms with Gasteiger partial charge >= 0.3 is 0 Å². The number of hydrogen-bond donors (Lipinski definition) is 2. The number of hydrogen-bond acceptors (Lipinski definition) is 4. The number of rotatable bonds is 3. The van der Waals surface area contributed by atoms with Crippen molar-refractivity contribution >= 4 is 40.6 Å². The van der Waals surface area contributed by atoms with Crippen LogP contribution >= 0.6 is 23.4 Å². The molecule has 1 aliphatic rings. The summed E-state index contributed by atoms with van der Waals surface area (Å²) in [6.07, 6.45) is 0. The minimum atomic E-state index is -0.0494. The Balaban J connectivity index is 1.92. The van der Waals surface area contributed by atoms with Gasteiger partial charge in [0, 0.05) is 29.8 Å². The van der Waals surface area contributed by atoms with Crippen LogP contribution in [0.4, 0.5) is 11.4 Å². The molecular weight excluding hydrogens is 282 g/mol. The van der Waals surface area contributed by atoms with Crippen molar-refractivity contribution in [3.63, 3.8) is 0 Å². The maximum absolute atomic E-state index is 12.0. The average Bonchev–Trinajstić information content (AvgIpc) is 2.34. The lowest BCUT2D eigenvalue weighted by molar-refractivity contribution is -0.117. The number of carbonyl (C=O) groups is 1. The predicted molar refractivity (Wildman–Crippen MR) is 82.9 cm³/mol. The molecule has 1 aliphatic heterocycles. The SMILES string of the molecule is CC1CN(CC(=O)Nc2cc(N)ccc2Cl)CCS1. The minimum Gasteiger partial charge on any atom is -0.399 e. The summed E-state index contributed by atoms with van der Waals surface area (Å²) < 4.78 is 0. The van der Waals surface area contributed by atoms with E-state index in [1.165, 1.54) is 0 Å². The van der Waals surface area contributed by atoms with Gasteiger partial charge in [-0.15, -0.1) is 0 Å². The summed E-state index contributed by atoms with van der Waals surface area (Å²) in [6, 6.07) is 5.07. The first-order chi connectivity index (χ1) is 9.04. The van der Waals surface area contributed by atoms with Crippen molar-refractivity contribution in [2.75, 3.05) is 36.4 Å². The van der Waals surface area contributed by atoms with Gasteiger partial charge in [-0.2, -0.15) is 11.8 Å². The van der Waals surface area contributed by atoms with Crippen LogP contribution in [-0.4, -0.2) is 41.4 Å². The fourth-order valence-corrected chi connectivity index (χ4v) is 3.31. The third-order valence-electron chi connectivity index (χ3n) is 2.96. The summed E-state index contributed by atoms with van der Waals surface area (Å²) in [5.41, 5.74) is 6.84. The number of halogens is 1. The number of amides is 1. The zero-order valence-corrected chi connectivity index (χ0v) is 12.4. The van der Waals surface area contributed by atoms with Gasteiger partial charge in [0.25, 0.3) is 0 Å². The number of nitrogens with one attached hydrogen (secondary N) is 1. The topological polar surface area (TPSA) is 58.4 Å². The molecular formula is C13H18ClN3OS. The van der Waals surface area contributed by atoms with Crippen LogP contribution in [0, 0.1) is 0 Å². The molecule has 1 unspecified atom stereocenters. The molecule has 2 rings (SSSR count). The Labute approximate surface area is 122 Å². The van der Waals surface area contributed by atoms with E-state index in [0.717, 1.165) is 18.8 Å². The highest BCUT2D eigenvalue weighted by Crippen LogP contribution is 2.24. The number of nitrogen functional groups attached to an aromatic ring is 1. The van der Waals surface area contributed by atoms with Crippen molar-refractivity contribution in [3.8, 4) is 0 Å². The van der Waals surface area contributed by atoms with Gasteiger partial charge in [0.1, 0.15) is 0 Å². The number of carbonyl (C=O) groups excluding carboxylic acids is 1. The molecule has 1 amide bonds. The fraction of sp³-hybridized carbons (Fsp3) is 0.462. The molecule has 0 spiro atoms. The lowest BCUT2D eigenvalue weighted by atomic mass is 10.2. The molecule has 0 saturated carbocycles. The van der Waals surface area contributed by atoms with E-state index in [-0.39, 0.29) is 5.91 Å². The fourth-order valence-electron chi connectivity index (χ4n) is 2.07. The zero-order chi connectivity index (χ0) is 13.8. The van der Waals surface area contributed by atoms with E-state index in [1.54, 1.807) is 18.2 Å². The predicted octanol–water partition coefficient (Wildman–Crippen LogP) is 2.30. The normalized spacial score (nSPS) is 20.2. The molecule has 1 aromatic rings. The van der Waals surface area contributed by atoms with Gasteiger partial charge in [-0.3, -0.25) is 9.69 Å². The van der Waals surface area contributed by atoms with E-state index >= 15 is 0 Å². The van der Waals surface area contributed by atoms with Crippen LogP contribution in [0.1, 0.15) is 6.92 Å². The summed E-state index contributed by atoms with van der Waals surface area (Å²) in [4.78, 5) is 14.2. The van der Waals surface area contributed by atoms with Crippen molar-refractivity contribution in [1.29, 1.82) is 0 Å². The van der Waals surface area contributed by atoms with E-state index in [0.29, 0.717) is 28.2 Å². The molecule has 3 N–H and O–H groups in total. The lowest BCUT2D eigenvalue weighted by Gasteiger charge is -2.29. The molecule has 6 heteroatoms. The second kappa shape index (κ2) is 6.50. The van der Waals surface area contributed by atoms with Gasteiger partial charge in [-0.25, -0.2) is 0 Å². The first kappa shape index (κ1) is 14.5. The van der Waals surface area contributed by atoms with Gasteiger partial charge < -0.3 is 11.1 Å². The van der Waals surface area contributed by atoms with Gasteiger partial charge in [-0.1, -0.05) is 18.5 Å². The molecule has 1 aromatic carbocycles. The maximum atomic E-state index is 12.0. The summed E-state index contributed by atoms with van der Waals surface area (Å²) in [7, 11) is 0. The Bertz CT molecular complexity index is 469. The summed E-state index contributed by atoms with van der Waals surface area (Å²) in [5, 5.41) is 3.90. The number of benzene rings is 1. The highest BCUT2D eigenvalue weighted by atomic mass is 35.5. The molecule has 4 nitrogen and oxygen atoms in total.